The molecule has 0 N–H and O–H groups in total. The molecular formula is C17H20F3NO5S. The topological polar surface area (TPSA) is 72.9 Å². The van der Waals surface area contributed by atoms with E-state index in [1.807, 2.05) is 13.0 Å². The number of nitrogens with zero attached hydrogens (tertiary/aromatic N) is 1. The number of carbonyl (C=O) groups excluding carboxylic acids is 1. The minimum absolute atomic E-state index is 0.00248. The summed E-state index contributed by atoms with van der Waals surface area (Å²) in [5.41, 5.74) is -4.70. The number of carbonyl (C=O) groups is 1. The van der Waals surface area contributed by atoms with E-state index >= 15 is 0 Å². The number of rotatable bonds is 6. The van der Waals surface area contributed by atoms with Crippen LogP contribution < -0.4 is 0 Å². The van der Waals surface area contributed by atoms with Crippen molar-refractivity contribution in [2.24, 2.45) is 0 Å². The van der Waals surface area contributed by atoms with Crippen LogP contribution in [0.1, 0.15) is 31.7 Å². The van der Waals surface area contributed by atoms with Crippen LogP contribution in [0.15, 0.2) is 42.2 Å². The van der Waals surface area contributed by atoms with E-state index in [0.29, 0.717) is 12.8 Å². The molecule has 0 spiro atoms. The molecule has 1 atom stereocenters. The zero-order valence-electron chi connectivity index (χ0n) is 14.6. The van der Waals surface area contributed by atoms with Crippen molar-refractivity contribution in [3.05, 3.63) is 47.7 Å². The van der Waals surface area contributed by atoms with Gasteiger partial charge < -0.3 is 13.8 Å². The summed E-state index contributed by atoms with van der Waals surface area (Å²) in [5.74, 6) is -0.321. The Labute approximate surface area is 155 Å². The largest absolute Gasteiger partial charge is 0.534 e. The van der Waals surface area contributed by atoms with Crippen molar-refractivity contribution in [1.29, 1.82) is 0 Å². The molecule has 0 aromatic heterocycles. The van der Waals surface area contributed by atoms with Gasteiger partial charge in [-0.2, -0.15) is 21.6 Å². The second kappa shape index (κ2) is 8.64. The van der Waals surface area contributed by atoms with Crippen LogP contribution in [0, 0.1) is 0 Å². The van der Waals surface area contributed by atoms with Crippen LogP contribution in [0.4, 0.5) is 18.0 Å². The maximum absolute atomic E-state index is 12.5. The van der Waals surface area contributed by atoms with Crippen molar-refractivity contribution in [3.8, 4) is 0 Å². The molecular weight excluding hydrogens is 387 g/mol. The van der Waals surface area contributed by atoms with Gasteiger partial charge in [0.2, 0.25) is 0 Å². The number of benzene rings is 1. The molecule has 27 heavy (non-hydrogen) atoms. The Morgan fingerprint density at radius 1 is 1.26 bits per heavy atom. The number of amides is 1. The summed E-state index contributed by atoms with van der Waals surface area (Å²) in [5, 5.41) is 0. The zero-order valence-corrected chi connectivity index (χ0v) is 15.4. The molecule has 0 fully saturated rings. The van der Waals surface area contributed by atoms with Gasteiger partial charge in [-0.15, -0.1) is 0 Å². The molecule has 0 radical (unpaired) electrons. The van der Waals surface area contributed by atoms with Crippen molar-refractivity contribution in [1.82, 2.24) is 4.90 Å². The fourth-order valence-electron chi connectivity index (χ4n) is 2.61. The average Bonchev–Trinajstić information content (AvgIpc) is 2.60. The van der Waals surface area contributed by atoms with Crippen LogP contribution in [0.3, 0.4) is 0 Å². The molecule has 150 valence electrons. The van der Waals surface area contributed by atoms with Crippen LogP contribution in [0.25, 0.3) is 0 Å². The number of hydrogen-bond acceptors (Lipinski definition) is 5. The van der Waals surface area contributed by atoms with E-state index in [0.717, 1.165) is 5.56 Å². The van der Waals surface area contributed by atoms with Crippen molar-refractivity contribution < 1.29 is 35.3 Å². The fourth-order valence-corrected chi connectivity index (χ4v) is 3.12. The molecule has 1 amide bonds. The van der Waals surface area contributed by atoms with E-state index in [1.54, 1.807) is 24.3 Å². The smallest absolute Gasteiger partial charge is 0.445 e. The van der Waals surface area contributed by atoms with Gasteiger partial charge in [0.1, 0.15) is 12.4 Å². The highest BCUT2D eigenvalue weighted by molar-refractivity contribution is 7.87. The maximum atomic E-state index is 12.5. The molecule has 1 aromatic rings. The van der Waals surface area contributed by atoms with Gasteiger partial charge in [-0.3, -0.25) is 0 Å². The minimum atomic E-state index is -5.72. The second-order valence-corrected chi connectivity index (χ2v) is 7.49. The Balaban J connectivity index is 2.06. The second-order valence-electron chi connectivity index (χ2n) is 5.96. The lowest BCUT2D eigenvalue weighted by Crippen LogP contribution is -2.43. The van der Waals surface area contributed by atoms with Crippen molar-refractivity contribution in [3.63, 3.8) is 0 Å². The molecule has 1 unspecified atom stereocenters. The maximum Gasteiger partial charge on any atom is 0.534 e. The molecule has 0 bridgehead atoms. The Kier molecular flexibility index (Phi) is 6.74. The van der Waals surface area contributed by atoms with E-state index in [4.69, 9.17) is 4.74 Å². The van der Waals surface area contributed by atoms with E-state index in [2.05, 4.69) is 4.18 Å². The number of alkyl halides is 3. The Hall–Kier alpha value is -2.23. The quantitative estimate of drug-likeness (QED) is 0.527. The van der Waals surface area contributed by atoms with Gasteiger partial charge in [-0.25, -0.2) is 4.79 Å². The Morgan fingerprint density at radius 2 is 1.93 bits per heavy atom. The van der Waals surface area contributed by atoms with E-state index in [9.17, 15) is 26.4 Å². The van der Waals surface area contributed by atoms with Crippen LogP contribution in [-0.4, -0.2) is 37.5 Å². The summed E-state index contributed by atoms with van der Waals surface area (Å²) in [6.45, 7) is 1.89. The summed E-state index contributed by atoms with van der Waals surface area (Å²) >= 11 is 0. The SMILES string of the molecule is CCCC1C=C(OS(=O)(=O)C(F)(F)F)CCN1C(=O)OCc1ccccc1. The summed E-state index contributed by atoms with van der Waals surface area (Å²) in [4.78, 5) is 13.7. The predicted molar refractivity (Wildman–Crippen MR) is 90.8 cm³/mol. The van der Waals surface area contributed by atoms with Crippen LogP contribution in [0.5, 0.6) is 0 Å². The highest BCUT2D eigenvalue weighted by Gasteiger charge is 2.49. The van der Waals surface area contributed by atoms with Gasteiger partial charge in [-0.05, 0) is 18.1 Å². The molecule has 0 saturated carbocycles. The Morgan fingerprint density at radius 3 is 2.52 bits per heavy atom. The van der Waals surface area contributed by atoms with Crippen molar-refractivity contribution in [2.75, 3.05) is 6.54 Å². The predicted octanol–water partition coefficient (Wildman–Crippen LogP) is 3.95. The van der Waals surface area contributed by atoms with Gasteiger partial charge in [0.05, 0.1) is 6.04 Å². The van der Waals surface area contributed by atoms with Crippen molar-refractivity contribution >= 4 is 16.2 Å². The summed E-state index contributed by atoms with van der Waals surface area (Å²) in [6.07, 6.45) is 1.52. The monoisotopic (exact) mass is 407 g/mol. The minimum Gasteiger partial charge on any atom is -0.445 e. The normalized spacial score (nSPS) is 18.0. The van der Waals surface area contributed by atoms with Crippen LogP contribution in [-0.2, 0) is 25.6 Å². The average molecular weight is 407 g/mol. The summed E-state index contributed by atoms with van der Waals surface area (Å²) in [7, 11) is -5.72. The Bertz CT molecular complexity index is 778. The first-order chi connectivity index (χ1) is 12.6. The van der Waals surface area contributed by atoms with Crippen LogP contribution >= 0.6 is 0 Å². The first-order valence-electron chi connectivity index (χ1n) is 8.33. The molecule has 0 aliphatic carbocycles. The zero-order chi connectivity index (χ0) is 20.1. The lowest BCUT2D eigenvalue weighted by atomic mass is 10.0. The first-order valence-corrected chi connectivity index (χ1v) is 9.73. The van der Waals surface area contributed by atoms with Gasteiger partial charge in [0.25, 0.3) is 0 Å². The van der Waals surface area contributed by atoms with E-state index < -0.39 is 27.8 Å². The molecule has 1 aliphatic rings. The van der Waals surface area contributed by atoms with Gasteiger partial charge in [0.15, 0.2) is 0 Å². The molecule has 1 heterocycles. The molecule has 10 heteroatoms. The summed E-state index contributed by atoms with van der Waals surface area (Å²) < 4.78 is 69.2. The van der Waals surface area contributed by atoms with Crippen molar-refractivity contribution in [2.45, 2.75) is 44.3 Å². The lowest BCUT2D eigenvalue weighted by molar-refractivity contribution is -0.0526. The number of halogens is 3. The van der Waals surface area contributed by atoms with E-state index in [1.165, 1.54) is 11.0 Å². The molecule has 0 saturated heterocycles. The third-order valence-corrected chi connectivity index (χ3v) is 4.90. The van der Waals surface area contributed by atoms with Gasteiger partial charge in [0, 0.05) is 13.0 Å². The molecule has 6 nitrogen and oxygen atoms in total. The third kappa shape index (κ3) is 5.62. The highest BCUT2D eigenvalue weighted by Crippen LogP contribution is 2.30. The molecule has 2 rings (SSSR count). The van der Waals surface area contributed by atoms with E-state index in [-0.39, 0.29) is 25.3 Å². The standard InChI is InChI=1S/C17H20F3NO5S/c1-2-6-14-11-15(26-27(23,24)17(18,19)20)9-10-21(14)16(22)25-12-13-7-4-3-5-8-13/h3-5,7-8,11,14H,2,6,9-10,12H2,1H3. The molecule has 1 aliphatic heterocycles. The van der Waals surface area contributed by atoms with Crippen LogP contribution in [0.2, 0.25) is 0 Å². The fraction of sp³-hybridized carbons (Fsp3) is 0.471. The first kappa shape index (κ1) is 21.1. The lowest BCUT2D eigenvalue weighted by Gasteiger charge is -2.33. The highest BCUT2D eigenvalue weighted by atomic mass is 32.2. The third-order valence-electron chi connectivity index (χ3n) is 3.90. The number of hydrogen-bond donors (Lipinski definition) is 0. The molecule has 1 aromatic carbocycles. The van der Waals surface area contributed by atoms with Gasteiger partial charge in [-0.1, -0.05) is 43.7 Å². The van der Waals surface area contributed by atoms with Gasteiger partial charge >= 0.3 is 21.7 Å². The summed E-state index contributed by atoms with van der Waals surface area (Å²) in [6, 6.07) is 8.41. The number of ether oxygens (including phenoxy) is 1.